The van der Waals surface area contributed by atoms with Crippen LogP contribution >= 0.6 is 22.7 Å². The van der Waals surface area contributed by atoms with Gasteiger partial charge in [0.15, 0.2) is 0 Å². The van der Waals surface area contributed by atoms with Gasteiger partial charge in [0, 0.05) is 0 Å². The minimum Gasteiger partial charge on any atom is -0.0344 e. The summed E-state index contributed by atoms with van der Waals surface area (Å²) in [6.45, 7) is 12.0. The molecule has 0 fully saturated rings. The third-order valence-corrected chi connectivity index (χ3v) is 21.8. The number of anilines is 6. The predicted octanol–water partition coefficient (Wildman–Crippen LogP) is 26.1. The Balaban J connectivity index is 0.801. The van der Waals surface area contributed by atoms with Gasteiger partial charge in [-0.3, -0.25) is 0 Å². The van der Waals surface area contributed by atoms with Crippen LogP contribution in [-0.4, -0.2) is 49.3 Å². The van der Waals surface area contributed by atoms with Crippen LogP contribution in [-0.2, 0) is 11.4 Å². The molecule has 0 spiro atoms. The predicted molar refractivity (Wildman–Crippen MR) is 410 cm³/mol. The Morgan fingerprint density at radius 1 is 0.292 bits per heavy atom. The minimum atomic E-state index is -0.290. The average molecular weight is 1400 g/mol. The minimum absolute atomic E-state index is 0.290. The van der Waals surface area contributed by atoms with Crippen LogP contribution in [0, 0.1) is 0 Å². The van der Waals surface area contributed by atoms with Gasteiger partial charge in [0.1, 0.15) is 23.0 Å². The van der Waals surface area contributed by atoms with E-state index in [1.807, 2.05) is 0 Å². The molecule has 1 aliphatic heterocycles. The molecule has 0 radical (unpaired) electrons. The quantitative estimate of drug-likeness (QED) is 0.0276. The Hall–Kier alpha value is -7.32. The molecule has 0 bridgehead atoms. The number of fused-ring (bicyclic) bond motifs is 2. The molecule has 0 unspecified atom stereocenters. The number of ether oxygens (including phenoxy) is 4. The zero-order chi connectivity index (χ0) is 65.9. The van der Waals surface area contributed by atoms with Gasteiger partial charge in [-0.25, -0.2) is 0 Å². The van der Waals surface area contributed by atoms with E-state index in [9.17, 15) is 0 Å². The van der Waals surface area contributed by atoms with Crippen LogP contribution in [0.1, 0.15) is 182 Å². The SMILES string of the molecule is CCCCCCCCOc1ccc(N(c2ccc(OCCCCCCCC)cc2)c2ccc(-c3ccc(-c4c5c(c(-c6ccc(-c7ccc(N(c8ccc(OCCCCCCCC)cc8)c8ccc(OCCCCCCCC)cc8)cc7)s6)c6n[se]nc46)N=S=N5)s3)cc2)cc1. The molecule has 0 aliphatic carbocycles. The zero-order valence-electron chi connectivity index (χ0n) is 56.9. The Bertz CT molecular complexity index is 3630. The molecule has 96 heavy (non-hydrogen) atoms. The third-order valence-electron chi connectivity index (χ3n) is 17.9. The van der Waals surface area contributed by atoms with Crippen molar-refractivity contribution in [1.29, 1.82) is 0 Å². The van der Waals surface area contributed by atoms with E-state index in [2.05, 4.69) is 207 Å². The number of aromatic nitrogens is 2. The van der Waals surface area contributed by atoms with Crippen molar-refractivity contribution in [2.45, 2.75) is 182 Å². The van der Waals surface area contributed by atoms with Crippen LogP contribution in [0.15, 0.2) is 179 Å². The van der Waals surface area contributed by atoms with Crippen LogP contribution in [0.4, 0.5) is 45.5 Å². The Morgan fingerprint density at radius 3 is 0.823 bits per heavy atom. The fraction of sp³-hybridized carbons (Fsp3) is 0.390. The second-order valence-corrected chi connectivity index (χ2v) is 29.0. The van der Waals surface area contributed by atoms with Gasteiger partial charge >= 0.3 is 247 Å². The Kier molecular flexibility index (Phi) is 27.3. The molecule has 0 N–H and O–H groups in total. The van der Waals surface area contributed by atoms with Crippen molar-refractivity contribution in [3.8, 4) is 64.8 Å². The summed E-state index contributed by atoms with van der Waals surface area (Å²) in [6.07, 6.45) is 29.7. The smallest absolute Gasteiger partial charge is 0.0179 e. The van der Waals surface area contributed by atoms with Crippen molar-refractivity contribution in [2.75, 3.05) is 36.2 Å². The van der Waals surface area contributed by atoms with Crippen molar-refractivity contribution in [1.82, 2.24) is 7.96 Å². The van der Waals surface area contributed by atoms with Gasteiger partial charge in [0.2, 0.25) is 0 Å². The summed E-state index contributed by atoms with van der Waals surface area (Å²) in [4.78, 5) is 9.16. The van der Waals surface area contributed by atoms with E-state index in [-0.39, 0.29) is 15.0 Å². The molecule has 14 heteroatoms. The van der Waals surface area contributed by atoms with Crippen LogP contribution in [0.25, 0.3) is 52.8 Å². The number of nitrogens with zero attached hydrogens (tertiary/aromatic N) is 6. The summed E-state index contributed by atoms with van der Waals surface area (Å²) in [5, 5.41) is 0. The van der Waals surface area contributed by atoms with Gasteiger partial charge < -0.3 is 18.9 Å². The second kappa shape index (κ2) is 37.4. The number of hydrogen-bond donors (Lipinski definition) is 0. The molecule has 10 nitrogen and oxygen atoms in total. The van der Waals surface area contributed by atoms with E-state index in [1.54, 1.807) is 22.7 Å². The second-order valence-electron chi connectivity index (χ2n) is 25.2. The molecule has 1 aliphatic rings. The van der Waals surface area contributed by atoms with Crippen molar-refractivity contribution in [2.24, 2.45) is 8.73 Å². The average Bonchev–Trinajstić information content (AvgIpc) is 1.55. The molecule has 0 saturated carbocycles. The van der Waals surface area contributed by atoms with Crippen molar-refractivity contribution < 1.29 is 18.9 Å². The number of thiophene rings is 2. The van der Waals surface area contributed by atoms with E-state index in [1.165, 1.54) is 140 Å². The van der Waals surface area contributed by atoms with Gasteiger partial charge in [0.05, 0.1) is 26.4 Å². The summed E-state index contributed by atoms with van der Waals surface area (Å²) in [7, 11) is 0. The molecule has 0 amide bonds. The molecule has 4 heterocycles. The zero-order valence-corrected chi connectivity index (χ0v) is 61.1. The molecule has 0 saturated heterocycles. The maximum atomic E-state index is 6.24. The maximum absolute atomic E-state index is 6.24. The summed E-state index contributed by atoms with van der Waals surface area (Å²) in [5.74, 6) is 3.59. The van der Waals surface area contributed by atoms with E-state index < -0.39 is 0 Å². The summed E-state index contributed by atoms with van der Waals surface area (Å²) in [5.41, 5.74) is 14.2. The maximum Gasteiger partial charge on any atom is -0.0179 e. The van der Waals surface area contributed by atoms with Crippen molar-refractivity contribution in [3.05, 3.63) is 170 Å². The third kappa shape index (κ3) is 19.1. The van der Waals surface area contributed by atoms with Crippen LogP contribution in [0.5, 0.6) is 23.0 Å². The summed E-state index contributed by atoms with van der Waals surface area (Å²) in [6, 6.07) is 60.9. The van der Waals surface area contributed by atoms with Crippen molar-refractivity contribution in [3.63, 3.8) is 0 Å². The summed E-state index contributed by atoms with van der Waals surface area (Å²) < 4.78 is 45.3. The molecule has 7 aromatic carbocycles. The molecule has 502 valence electrons. The number of rotatable bonds is 42. The van der Waals surface area contributed by atoms with Gasteiger partial charge in [-0.05, 0) is 123 Å². The molecule has 0 atom stereocenters. The number of unbranched alkanes of at least 4 members (excludes halogenated alkanes) is 20. The molecule has 3 aromatic heterocycles. The Morgan fingerprint density at radius 2 is 0.542 bits per heavy atom. The van der Waals surface area contributed by atoms with E-state index >= 15 is 0 Å². The van der Waals surface area contributed by atoms with Crippen LogP contribution < -0.4 is 28.7 Å². The fourth-order valence-corrected chi connectivity index (χ4v) is 16.3. The molecular weight excluding hydrogens is 1310 g/mol. The molecule has 10 aromatic rings. The van der Waals surface area contributed by atoms with Gasteiger partial charge in [-0.1, -0.05) is 156 Å². The number of benzene rings is 7. The topological polar surface area (TPSA) is 93.9 Å². The van der Waals surface area contributed by atoms with Gasteiger partial charge in [-0.15, -0.1) is 0 Å². The number of hydrogen-bond acceptors (Lipinski definition) is 12. The largest absolute Gasteiger partial charge is 0.0344 e. The fourth-order valence-electron chi connectivity index (χ4n) is 12.5. The van der Waals surface area contributed by atoms with E-state index in [0.29, 0.717) is 0 Å². The van der Waals surface area contributed by atoms with Crippen LogP contribution in [0.2, 0.25) is 0 Å². The normalized spacial score (nSPS) is 11.7. The Labute approximate surface area is 589 Å². The van der Waals surface area contributed by atoms with Gasteiger partial charge in [-0.2, -0.15) is 0 Å². The van der Waals surface area contributed by atoms with Crippen LogP contribution in [0.3, 0.4) is 0 Å². The first-order valence-electron chi connectivity index (χ1n) is 35.8. The monoisotopic (exact) mass is 1400 g/mol. The first kappa shape index (κ1) is 70.0. The summed E-state index contributed by atoms with van der Waals surface area (Å²) >= 11 is 4.49. The van der Waals surface area contributed by atoms with E-state index in [0.717, 1.165) is 173 Å². The van der Waals surface area contributed by atoms with E-state index in [4.69, 9.17) is 35.6 Å². The first-order chi connectivity index (χ1) is 47.5. The standard InChI is InChI=1S/C82H96N6O4S3Se/c1-5-9-13-17-21-25-57-89-69-45-37-65(38-46-69)87(66-39-47-70(48-40-66)90-58-26-22-18-14-10-6-2)63-33-29-61(30-34-63)73-53-55-75(93-73)77-79-80(84-95-83-79)78(82-81(77)85-96-86-82)76-56-54-74(94-76)62-31-35-64(36-32-62)88(67-41-49-71(50-42-67)91-59-27-23-19-15-11-7-3)68-43-51-72(52-44-68)92-60-28-24-20-16-12-8-4/h29-56H,5-28,57-60H2,1-4H3. The van der Waals surface area contributed by atoms with Gasteiger partial charge in [0.25, 0.3) is 0 Å². The molecular formula is C82H96N6O4S3Se. The molecule has 11 rings (SSSR count). The van der Waals surface area contributed by atoms with Crippen molar-refractivity contribution >= 4 is 106 Å². The first-order valence-corrected chi connectivity index (χ1v) is 39.7.